The molecule has 0 saturated heterocycles. The number of carbonyl (C=O) groups excluding carboxylic acids is 1. The molecule has 0 aliphatic heterocycles. The third kappa shape index (κ3) is 5.13. The third-order valence-electron chi connectivity index (χ3n) is 2.34. The van der Waals surface area contributed by atoms with E-state index >= 15 is 0 Å². The van der Waals surface area contributed by atoms with Crippen LogP contribution in [0, 0.1) is 5.41 Å². The van der Waals surface area contributed by atoms with E-state index < -0.39 is 12.1 Å². The van der Waals surface area contributed by atoms with Crippen LogP contribution >= 0.6 is 0 Å². The van der Waals surface area contributed by atoms with Crippen molar-refractivity contribution in [3.8, 4) is 0 Å². The standard InChI is InChI=1S/C13H14F3N3O/c1-19(8-2-7-17)9-10-3-5-11(6-4-10)18-12(20)13(14,15)16/h2-8,17H,9H2,1H3,(H,18,20)/b8-2+,17-7?. The van der Waals surface area contributed by atoms with Crippen molar-refractivity contribution in [1.82, 2.24) is 4.90 Å². The number of nitrogens with zero attached hydrogens (tertiary/aromatic N) is 1. The first-order valence-electron chi connectivity index (χ1n) is 5.67. The normalized spacial score (nSPS) is 11.4. The highest BCUT2D eigenvalue weighted by atomic mass is 19.4. The molecule has 108 valence electrons. The van der Waals surface area contributed by atoms with Crippen molar-refractivity contribution in [2.45, 2.75) is 12.7 Å². The van der Waals surface area contributed by atoms with Crippen LogP contribution in [0.4, 0.5) is 18.9 Å². The molecular formula is C13H14F3N3O. The number of halogens is 3. The lowest BCUT2D eigenvalue weighted by molar-refractivity contribution is -0.167. The molecule has 0 aliphatic carbocycles. The summed E-state index contributed by atoms with van der Waals surface area (Å²) in [7, 11) is 1.80. The van der Waals surface area contributed by atoms with Gasteiger partial charge in [-0.25, -0.2) is 0 Å². The highest BCUT2D eigenvalue weighted by molar-refractivity contribution is 5.94. The van der Waals surface area contributed by atoms with Crippen LogP contribution in [-0.4, -0.2) is 30.2 Å². The fraction of sp³-hybridized carbons (Fsp3) is 0.231. The van der Waals surface area contributed by atoms with Crippen LogP contribution in [0.5, 0.6) is 0 Å². The van der Waals surface area contributed by atoms with Crippen LogP contribution in [-0.2, 0) is 11.3 Å². The molecule has 0 fully saturated rings. The summed E-state index contributed by atoms with van der Waals surface area (Å²) in [4.78, 5) is 12.6. The molecule has 0 aromatic heterocycles. The van der Waals surface area contributed by atoms with Crippen molar-refractivity contribution in [3.63, 3.8) is 0 Å². The van der Waals surface area contributed by atoms with E-state index in [9.17, 15) is 18.0 Å². The van der Waals surface area contributed by atoms with Gasteiger partial charge in [-0.1, -0.05) is 12.1 Å². The number of nitrogens with one attached hydrogen (secondary N) is 2. The molecule has 0 aliphatic rings. The van der Waals surface area contributed by atoms with Gasteiger partial charge in [0.2, 0.25) is 0 Å². The third-order valence-corrected chi connectivity index (χ3v) is 2.34. The molecule has 7 heteroatoms. The second-order valence-corrected chi connectivity index (χ2v) is 4.07. The van der Waals surface area contributed by atoms with E-state index in [0.717, 1.165) is 11.8 Å². The lowest BCUT2D eigenvalue weighted by Crippen LogP contribution is -2.29. The Morgan fingerprint density at radius 1 is 1.35 bits per heavy atom. The van der Waals surface area contributed by atoms with Crippen molar-refractivity contribution in [2.24, 2.45) is 0 Å². The maximum Gasteiger partial charge on any atom is 0.471 e. The van der Waals surface area contributed by atoms with Crippen LogP contribution in [0.3, 0.4) is 0 Å². The molecule has 1 aromatic carbocycles. The minimum atomic E-state index is -4.89. The van der Waals surface area contributed by atoms with E-state index in [1.807, 2.05) is 4.90 Å². The molecule has 0 unspecified atom stereocenters. The Morgan fingerprint density at radius 2 is 1.95 bits per heavy atom. The zero-order chi connectivity index (χ0) is 15.2. The Bertz CT molecular complexity index is 495. The number of anilines is 1. The second-order valence-electron chi connectivity index (χ2n) is 4.07. The highest BCUT2D eigenvalue weighted by Gasteiger charge is 2.38. The molecule has 4 nitrogen and oxygen atoms in total. The summed E-state index contributed by atoms with van der Waals surface area (Å²) in [5.41, 5.74) is 0.959. The Kier molecular flexibility index (Phi) is 5.31. The van der Waals surface area contributed by atoms with Crippen LogP contribution in [0.2, 0.25) is 0 Å². The summed E-state index contributed by atoms with van der Waals surface area (Å²) in [6, 6.07) is 6.07. The van der Waals surface area contributed by atoms with E-state index in [0.29, 0.717) is 6.54 Å². The molecule has 0 atom stereocenters. The topological polar surface area (TPSA) is 56.2 Å². The van der Waals surface area contributed by atoms with Gasteiger partial charge in [-0.2, -0.15) is 13.2 Å². The largest absolute Gasteiger partial charge is 0.471 e. The Hall–Kier alpha value is -2.31. The summed E-state index contributed by atoms with van der Waals surface area (Å²) in [5.74, 6) is -1.99. The first-order valence-corrected chi connectivity index (χ1v) is 5.67. The second kappa shape index (κ2) is 6.74. The maximum absolute atomic E-state index is 12.1. The van der Waals surface area contributed by atoms with Gasteiger partial charge >= 0.3 is 12.1 Å². The van der Waals surface area contributed by atoms with Gasteiger partial charge in [0.1, 0.15) is 0 Å². The minimum absolute atomic E-state index is 0.0914. The predicted molar refractivity (Wildman–Crippen MR) is 70.5 cm³/mol. The predicted octanol–water partition coefficient (Wildman–Crippen LogP) is 2.78. The van der Waals surface area contributed by atoms with E-state index in [-0.39, 0.29) is 5.69 Å². The quantitative estimate of drug-likeness (QED) is 0.817. The van der Waals surface area contributed by atoms with Gasteiger partial charge < -0.3 is 15.6 Å². The average Bonchev–Trinajstić information content (AvgIpc) is 2.37. The fourth-order valence-corrected chi connectivity index (χ4v) is 1.43. The van der Waals surface area contributed by atoms with Crippen molar-refractivity contribution in [3.05, 3.63) is 42.1 Å². The van der Waals surface area contributed by atoms with Gasteiger partial charge in [-0.3, -0.25) is 4.79 Å². The number of carbonyl (C=O) groups is 1. The SMILES string of the molecule is CN(/C=C/C=N)Cc1ccc(NC(=O)C(F)(F)F)cc1. The number of alkyl halides is 3. The van der Waals surface area contributed by atoms with Gasteiger partial charge in [-0.15, -0.1) is 0 Å². The summed E-state index contributed by atoms with van der Waals surface area (Å²) in [6.45, 7) is 0.540. The molecule has 1 rings (SSSR count). The number of hydrogen-bond donors (Lipinski definition) is 2. The molecule has 0 radical (unpaired) electrons. The molecule has 0 bridgehead atoms. The van der Waals surface area contributed by atoms with E-state index in [4.69, 9.17) is 5.41 Å². The van der Waals surface area contributed by atoms with Crippen LogP contribution in [0.25, 0.3) is 0 Å². The summed E-state index contributed by atoms with van der Waals surface area (Å²) in [5, 5.41) is 8.62. The molecule has 0 saturated carbocycles. The number of allylic oxidation sites excluding steroid dienone is 1. The van der Waals surface area contributed by atoms with Crippen molar-refractivity contribution in [2.75, 3.05) is 12.4 Å². The monoisotopic (exact) mass is 285 g/mol. The van der Waals surface area contributed by atoms with Crippen LogP contribution in [0.15, 0.2) is 36.5 Å². The number of benzene rings is 1. The van der Waals surface area contributed by atoms with Crippen molar-refractivity contribution >= 4 is 17.8 Å². The van der Waals surface area contributed by atoms with E-state index in [1.54, 1.807) is 36.8 Å². The Balaban J connectivity index is 2.63. The smallest absolute Gasteiger partial charge is 0.376 e. The molecule has 0 heterocycles. The van der Waals surface area contributed by atoms with Gasteiger partial charge in [0.05, 0.1) is 0 Å². The fourth-order valence-electron chi connectivity index (χ4n) is 1.43. The maximum atomic E-state index is 12.1. The van der Waals surface area contributed by atoms with Crippen molar-refractivity contribution in [1.29, 1.82) is 5.41 Å². The van der Waals surface area contributed by atoms with Crippen molar-refractivity contribution < 1.29 is 18.0 Å². The zero-order valence-electron chi connectivity index (χ0n) is 10.7. The lowest BCUT2D eigenvalue weighted by Gasteiger charge is -2.14. The van der Waals surface area contributed by atoms with Gasteiger partial charge in [0.25, 0.3) is 0 Å². The number of rotatable bonds is 5. The van der Waals surface area contributed by atoms with E-state index in [1.165, 1.54) is 12.1 Å². The first kappa shape index (κ1) is 15.7. The van der Waals surface area contributed by atoms with Gasteiger partial charge in [0.15, 0.2) is 0 Å². The summed E-state index contributed by atoms with van der Waals surface area (Å²) < 4.78 is 36.2. The van der Waals surface area contributed by atoms with E-state index in [2.05, 4.69) is 0 Å². The molecule has 20 heavy (non-hydrogen) atoms. The molecule has 0 spiro atoms. The minimum Gasteiger partial charge on any atom is -0.376 e. The summed E-state index contributed by atoms with van der Waals surface area (Å²) in [6.07, 6.45) is -0.493. The average molecular weight is 285 g/mol. The lowest BCUT2D eigenvalue weighted by atomic mass is 10.2. The number of amides is 1. The Labute approximate surface area is 114 Å². The Morgan fingerprint density at radius 3 is 2.45 bits per heavy atom. The van der Waals surface area contributed by atoms with Gasteiger partial charge in [0, 0.05) is 31.7 Å². The van der Waals surface area contributed by atoms with Crippen LogP contribution in [0.1, 0.15) is 5.56 Å². The first-order chi connectivity index (χ1) is 9.32. The van der Waals surface area contributed by atoms with Gasteiger partial charge in [-0.05, 0) is 23.8 Å². The zero-order valence-corrected chi connectivity index (χ0v) is 10.7. The highest BCUT2D eigenvalue weighted by Crippen LogP contribution is 2.18. The van der Waals surface area contributed by atoms with Crippen LogP contribution < -0.4 is 5.32 Å². The summed E-state index contributed by atoms with van der Waals surface area (Å²) >= 11 is 0. The molecule has 2 N–H and O–H groups in total. The molecule has 1 amide bonds. The molecular weight excluding hydrogens is 271 g/mol. The number of hydrogen-bond acceptors (Lipinski definition) is 3. The molecule has 1 aromatic rings.